The fourth-order valence-electron chi connectivity index (χ4n) is 3.33. The highest BCUT2D eigenvalue weighted by Gasteiger charge is 2.67. The zero-order valence-corrected chi connectivity index (χ0v) is 13.0. The van der Waals surface area contributed by atoms with Crippen molar-refractivity contribution in [1.29, 1.82) is 0 Å². The van der Waals surface area contributed by atoms with Crippen molar-refractivity contribution < 1.29 is 18.3 Å². The van der Waals surface area contributed by atoms with Gasteiger partial charge in [-0.15, -0.1) is 0 Å². The van der Waals surface area contributed by atoms with Crippen LogP contribution < -0.4 is 0 Å². The Kier molecular flexibility index (Phi) is 4.77. The minimum atomic E-state index is -2.40. The number of hydrogen-bond acceptors (Lipinski definition) is 4. The summed E-state index contributed by atoms with van der Waals surface area (Å²) in [7, 11) is 2.85. The zero-order chi connectivity index (χ0) is 13.2. The number of hydrogen-bond donors (Lipinski definition) is 0. The summed E-state index contributed by atoms with van der Waals surface area (Å²) in [5, 5.41) is -0.351. The molecular formula is C12H26O4Si. The monoisotopic (exact) mass is 262 g/mol. The van der Waals surface area contributed by atoms with Gasteiger partial charge in [-0.25, -0.2) is 0 Å². The van der Waals surface area contributed by atoms with Crippen LogP contribution in [-0.4, -0.2) is 48.3 Å². The third kappa shape index (κ3) is 1.88. The summed E-state index contributed by atoms with van der Waals surface area (Å²) in [5.74, 6) is 0. The van der Waals surface area contributed by atoms with E-state index in [-0.39, 0.29) is 10.6 Å². The molecule has 102 valence electrons. The fourth-order valence-corrected chi connectivity index (χ4v) is 7.22. The molecule has 0 aliphatic carbocycles. The van der Waals surface area contributed by atoms with Crippen molar-refractivity contribution in [2.75, 3.05) is 34.5 Å². The Hall–Kier alpha value is 0.0569. The molecule has 0 bridgehead atoms. The average molecular weight is 262 g/mol. The molecule has 1 rings (SSSR count). The second-order valence-corrected chi connectivity index (χ2v) is 8.79. The average Bonchev–Trinajstić information content (AvgIpc) is 2.34. The predicted molar refractivity (Wildman–Crippen MR) is 69.2 cm³/mol. The van der Waals surface area contributed by atoms with Crippen LogP contribution in [0, 0.1) is 5.41 Å². The summed E-state index contributed by atoms with van der Waals surface area (Å²) in [4.78, 5) is 0. The molecule has 0 radical (unpaired) electrons. The van der Waals surface area contributed by atoms with Crippen molar-refractivity contribution in [1.82, 2.24) is 0 Å². The molecule has 0 spiro atoms. The molecule has 1 fully saturated rings. The van der Waals surface area contributed by atoms with Gasteiger partial charge in [0, 0.05) is 26.7 Å². The highest BCUT2D eigenvalue weighted by molar-refractivity contribution is 6.70. The van der Waals surface area contributed by atoms with Gasteiger partial charge in [0.05, 0.1) is 13.2 Å². The molecule has 0 aromatic heterocycles. The van der Waals surface area contributed by atoms with Crippen molar-refractivity contribution in [3.63, 3.8) is 0 Å². The van der Waals surface area contributed by atoms with E-state index >= 15 is 0 Å². The molecule has 4 nitrogen and oxygen atoms in total. The maximum Gasteiger partial charge on any atom is 0.371 e. The highest BCUT2D eigenvalue weighted by atomic mass is 28.4. The Morgan fingerprint density at radius 1 is 1.18 bits per heavy atom. The molecule has 0 amide bonds. The first-order chi connectivity index (χ1) is 8.01. The van der Waals surface area contributed by atoms with Gasteiger partial charge in [0.25, 0.3) is 0 Å². The topological polar surface area (TPSA) is 36.9 Å². The molecule has 0 aromatic carbocycles. The largest absolute Gasteiger partial charge is 0.396 e. The number of rotatable bonds is 7. The van der Waals surface area contributed by atoms with E-state index in [4.69, 9.17) is 18.3 Å². The lowest BCUT2D eigenvalue weighted by Crippen LogP contribution is -2.74. The lowest BCUT2D eigenvalue weighted by molar-refractivity contribution is -0.205. The minimum absolute atomic E-state index is 0.00917. The van der Waals surface area contributed by atoms with Crippen LogP contribution in [0.15, 0.2) is 0 Å². The first-order valence-electron chi connectivity index (χ1n) is 6.24. The third-order valence-electron chi connectivity index (χ3n) is 4.40. The second-order valence-electron chi connectivity index (χ2n) is 4.95. The van der Waals surface area contributed by atoms with Crippen molar-refractivity contribution in [2.45, 2.75) is 38.5 Å². The Morgan fingerprint density at radius 2 is 1.71 bits per heavy atom. The van der Waals surface area contributed by atoms with Crippen LogP contribution >= 0.6 is 0 Å². The van der Waals surface area contributed by atoms with Gasteiger partial charge in [-0.05, 0) is 12.5 Å². The van der Waals surface area contributed by atoms with Crippen LogP contribution in [0.3, 0.4) is 0 Å². The van der Waals surface area contributed by atoms with E-state index in [0.717, 1.165) is 25.7 Å². The van der Waals surface area contributed by atoms with Crippen LogP contribution in [-0.2, 0) is 18.3 Å². The van der Waals surface area contributed by atoms with E-state index in [1.54, 1.807) is 21.3 Å². The summed E-state index contributed by atoms with van der Waals surface area (Å²) in [6.07, 6.45) is 0.880. The summed E-state index contributed by atoms with van der Waals surface area (Å²) in [5.41, 5.74) is -0.00917. The van der Waals surface area contributed by atoms with Gasteiger partial charge in [-0.3, -0.25) is 0 Å². The van der Waals surface area contributed by atoms with Crippen molar-refractivity contribution >= 4 is 8.56 Å². The lowest BCUT2D eigenvalue weighted by Gasteiger charge is -2.57. The zero-order valence-electron chi connectivity index (χ0n) is 12.0. The molecule has 1 saturated heterocycles. The molecule has 1 aliphatic heterocycles. The number of methoxy groups -OCH3 is 1. The van der Waals surface area contributed by atoms with Crippen molar-refractivity contribution in [3.05, 3.63) is 0 Å². The molecule has 5 heteroatoms. The van der Waals surface area contributed by atoms with Gasteiger partial charge in [-0.2, -0.15) is 0 Å². The van der Waals surface area contributed by atoms with Gasteiger partial charge < -0.3 is 18.3 Å². The second kappa shape index (κ2) is 5.36. The number of ether oxygens (including phenoxy) is 2. The maximum atomic E-state index is 5.96. The SMILES string of the molecule is CCC(OC)(C1(C)COC1)[Si](CC)(OC)OC. The van der Waals surface area contributed by atoms with Gasteiger partial charge in [0.1, 0.15) is 5.22 Å². The Morgan fingerprint density at radius 3 is 1.88 bits per heavy atom. The van der Waals surface area contributed by atoms with Crippen LogP contribution in [0.4, 0.5) is 0 Å². The van der Waals surface area contributed by atoms with Gasteiger partial charge in [0.15, 0.2) is 0 Å². The van der Waals surface area contributed by atoms with Gasteiger partial charge in [-0.1, -0.05) is 20.8 Å². The Balaban J connectivity index is 3.21. The standard InChI is InChI=1S/C12H26O4Si/c1-7-12(13-4,11(3)9-16-10-11)17(8-2,14-5)15-6/h7-10H2,1-6H3. The molecule has 1 heterocycles. The van der Waals surface area contributed by atoms with Crippen LogP contribution in [0.25, 0.3) is 0 Å². The van der Waals surface area contributed by atoms with E-state index in [1.807, 2.05) is 0 Å². The first-order valence-corrected chi connectivity index (χ1v) is 8.27. The molecule has 1 atom stereocenters. The summed E-state index contributed by atoms with van der Waals surface area (Å²) in [6.45, 7) is 7.90. The van der Waals surface area contributed by atoms with E-state index in [9.17, 15) is 0 Å². The van der Waals surface area contributed by atoms with E-state index in [1.165, 1.54) is 0 Å². The van der Waals surface area contributed by atoms with E-state index in [2.05, 4.69) is 20.8 Å². The van der Waals surface area contributed by atoms with Crippen LogP contribution in [0.1, 0.15) is 27.2 Å². The highest BCUT2D eigenvalue weighted by Crippen LogP contribution is 2.49. The quantitative estimate of drug-likeness (QED) is 0.659. The molecule has 0 N–H and O–H groups in total. The Labute approximate surface area is 106 Å². The van der Waals surface area contributed by atoms with Gasteiger partial charge in [0.2, 0.25) is 0 Å². The summed E-state index contributed by atoms with van der Waals surface area (Å²) < 4.78 is 23.1. The Bertz CT molecular complexity index is 237. The van der Waals surface area contributed by atoms with Gasteiger partial charge >= 0.3 is 8.56 Å². The molecule has 0 saturated carbocycles. The summed E-state index contributed by atoms with van der Waals surface area (Å²) >= 11 is 0. The smallest absolute Gasteiger partial charge is 0.371 e. The molecule has 1 aliphatic rings. The van der Waals surface area contributed by atoms with Crippen LogP contribution in [0.2, 0.25) is 6.04 Å². The predicted octanol–water partition coefficient (Wildman–Crippen LogP) is 2.11. The van der Waals surface area contributed by atoms with Crippen molar-refractivity contribution in [3.8, 4) is 0 Å². The minimum Gasteiger partial charge on any atom is -0.396 e. The third-order valence-corrected chi connectivity index (χ3v) is 9.04. The fraction of sp³-hybridized carbons (Fsp3) is 1.00. The van der Waals surface area contributed by atoms with Crippen molar-refractivity contribution in [2.24, 2.45) is 5.41 Å². The first kappa shape index (κ1) is 15.1. The molecule has 1 unspecified atom stereocenters. The molecule has 17 heavy (non-hydrogen) atoms. The normalized spacial score (nSPS) is 22.9. The summed E-state index contributed by atoms with van der Waals surface area (Å²) in [6, 6.07) is 0.872. The van der Waals surface area contributed by atoms with E-state index < -0.39 is 8.56 Å². The van der Waals surface area contributed by atoms with E-state index in [0.29, 0.717) is 0 Å². The molecular weight excluding hydrogens is 236 g/mol. The van der Waals surface area contributed by atoms with Crippen LogP contribution in [0.5, 0.6) is 0 Å². The maximum absolute atomic E-state index is 5.96. The lowest BCUT2D eigenvalue weighted by atomic mass is 9.80. The molecule has 0 aromatic rings.